The van der Waals surface area contributed by atoms with Crippen molar-refractivity contribution in [3.63, 3.8) is 0 Å². The van der Waals surface area contributed by atoms with Crippen LogP contribution < -0.4 is 11.1 Å². The second kappa shape index (κ2) is 6.24. The van der Waals surface area contributed by atoms with Crippen LogP contribution in [0.15, 0.2) is 5.38 Å². The van der Waals surface area contributed by atoms with Gasteiger partial charge in [0.25, 0.3) is 0 Å². The van der Waals surface area contributed by atoms with Crippen LogP contribution in [0.5, 0.6) is 0 Å². The van der Waals surface area contributed by atoms with E-state index in [-0.39, 0.29) is 10.9 Å². The molecule has 0 aliphatic heterocycles. The SMILES string of the molecule is CCC(CC)(C(=O)NCc1csc(C)n1)C(N)=S. The van der Waals surface area contributed by atoms with Gasteiger partial charge in [-0.1, -0.05) is 26.1 Å². The van der Waals surface area contributed by atoms with Crippen LogP contribution in [0.2, 0.25) is 0 Å². The third kappa shape index (κ3) is 3.05. The molecule has 3 N–H and O–H groups in total. The third-order valence-electron chi connectivity index (χ3n) is 3.21. The number of hydrogen-bond donors (Lipinski definition) is 2. The van der Waals surface area contributed by atoms with Crippen molar-refractivity contribution in [2.24, 2.45) is 11.1 Å². The highest BCUT2D eigenvalue weighted by Gasteiger charge is 2.37. The maximum Gasteiger partial charge on any atom is 0.233 e. The fraction of sp³-hybridized carbons (Fsp3) is 0.583. The average molecular weight is 285 g/mol. The topological polar surface area (TPSA) is 68.0 Å². The molecule has 0 aliphatic rings. The Labute approximate surface area is 117 Å². The Balaban J connectivity index is 2.71. The Hall–Kier alpha value is -1.01. The molecule has 6 heteroatoms. The van der Waals surface area contributed by atoms with Crippen LogP contribution in [0.3, 0.4) is 0 Å². The van der Waals surface area contributed by atoms with Crippen molar-refractivity contribution in [2.45, 2.75) is 40.2 Å². The lowest BCUT2D eigenvalue weighted by Crippen LogP contribution is -2.48. The van der Waals surface area contributed by atoms with Gasteiger partial charge in [-0.15, -0.1) is 11.3 Å². The molecule has 1 amide bonds. The van der Waals surface area contributed by atoms with E-state index in [9.17, 15) is 4.79 Å². The minimum atomic E-state index is -0.736. The highest BCUT2D eigenvalue weighted by molar-refractivity contribution is 7.80. The van der Waals surface area contributed by atoms with Crippen molar-refractivity contribution in [3.05, 3.63) is 16.1 Å². The number of nitrogens with one attached hydrogen (secondary N) is 1. The fourth-order valence-electron chi connectivity index (χ4n) is 1.86. The zero-order valence-corrected chi connectivity index (χ0v) is 12.6. The molecule has 0 atom stereocenters. The zero-order valence-electron chi connectivity index (χ0n) is 10.9. The van der Waals surface area contributed by atoms with Gasteiger partial charge >= 0.3 is 0 Å². The molecule has 1 heterocycles. The summed E-state index contributed by atoms with van der Waals surface area (Å²) in [5.74, 6) is -0.106. The molecule has 0 saturated heterocycles. The molecule has 100 valence electrons. The number of nitrogens with two attached hydrogens (primary N) is 1. The molecular weight excluding hydrogens is 266 g/mol. The van der Waals surface area contributed by atoms with E-state index in [2.05, 4.69) is 10.3 Å². The van der Waals surface area contributed by atoms with Crippen molar-refractivity contribution >= 4 is 34.5 Å². The van der Waals surface area contributed by atoms with Crippen LogP contribution in [0.1, 0.15) is 37.4 Å². The Morgan fingerprint density at radius 3 is 2.56 bits per heavy atom. The maximum atomic E-state index is 12.2. The number of thiocarbonyl (C=S) groups is 1. The first-order valence-corrected chi connectivity index (χ1v) is 7.24. The highest BCUT2D eigenvalue weighted by atomic mass is 32.1. The normalized spacial score (nSPS) is 11.3. The molecule has 0 aromatic carbocycles. The van der Waals surface area contributed by atoms with Crippen LogP contribution in [-0.2, 0) is 11.3 Å². The van der Waals surface area contributed by atoms with Gasteiger partial charge in [0.1, 0.15) is 0 Å². The number of thiazole rings is 1. The number of aromatic nitrogens is 1. The summed E-state index contributed by atoms with van der Waals surface area (Å²) in [5, 5.41) is 5.81. The second-order valence-electron chi connectivity index (χ2n) is 4.19. The van der Waals surface area contributed by atoms with Crippen molar-refractivity contribution < 1.29 is 4.79 Å². The number of hydrogen-bond acceptors (Lipinski definition) is 4. The molecule has 0 fully saturated rings. The van der Waals surface area contributed by atoms with E-state index in [0.29, 0.717) is 19.4 Å². The smallest absolute Gasteiger partial charge is 0.233 e. The summed E-state index contributed by atoms with van der Waals surface area (Å²) in [7, 11) is 0. The van der Waals surface area contributed by atoms with E-state index in [1.54, 1.807) is 11.3 Å². The van der Waals surface area contributed by atoms with Crippen molar-refractivity contribution in [1.29, 1.82) is 0 Å². The standard InChI is InChI=1S/C12H19N3OS2/c1-4-12(5-2,10(13)17)11(16)14-6-9-7-18-8(3)15-9/h7H,4-6H2,1-3H3,(H2,13,17)(H,14,16). The first-order valence-electron chi connectivity index (χ1n) is 5.95. The highest BCUT2D eigenvalue weighted by Crippen LogP contribution is 2.27. The molecule has 0 saturated carbocycles. The predicted octanol–water partition coefficient (Wildman–Crippen LogP) is 2.16. The van der Waals surface area contributed by atoms with Gasteiger partial charge in [0.05, 0.1) is 27.6 Å². The number of carbonyl (C=O) groups excluding carboxylic acids is 1. The molecule has 0 radical (unpaired) electrons. The van der Waals surface area contributed by atoms with Crippen molar-refractivity contribution in [2.75, 3.05) is 0 Å². The molecule has 1 aromatic rings. The number of aryl methyl sites for hydroxylation is 1. The minimum Gasteiger partial charge on any atom is -0.392 e. The summed E-state index contributed by atoms with van der Waals surface area (Å²) in [6.45, 7) is 6.21. The summed E-state index contributed by atoms with van der Waals surface area (Å²) in [6, 6.07) is 0. The van der Waals surface area contributed by atoms with E-state index in [1.807, 2.05) is 26.2 Å². The molecule has 0 bridgehead atoms. The molecule has 0 spiro atoms. The van der Waals surface area contributed by atoms with Crippen LogP contribution in [0.4, 0.5) is 0 Å². The molecule has 1 aromatic heterocycles. The van der Waals surface area contributed by atoms with Crippen LogP contribution in [-0.4, -0.2) is 15.9 Å². The first-order chi connectivity index (χ1) is 8.46. The number of amides is 1. The quantitative estimate of drug-likeness (QED) is 0.786. The number of rotatable bonds is 6. The van der Waals surface area contributed by atoms with Gasteiger partial charge in [0.15, 0.2) is 0 Å². The largest absolute Gasteiger partial charge is 0.392 e. The van der Waals surface area contributed by atoms with Gasteiger partial charge in [-0.3, -0.25) is 4.79 Å². The fourth-order valence-corrected chi connectivity index (χ4v) is 2.85. The summed E-state index contributed by atoms with van der Waals surface area (Å²) in [5.41, 5.74) is 5.86. The maximum absolute atomic E-state index is 12.2. The second-order valence-corrected chi connectivity index (χ2v) is 5.70. The van der Waals surface area contributed by atoms with E-state index < -0.39 is 5.41 Å². The monoisotopic (exact) mass is 285 g/mol. The average Bonchev–Trinajstić information content (AvgIpc) is 2.74. The van der Waals surface area contributed by atoms with E-state index in [0.717, 1.165) is 10.7 Å². The van der Waals surface area contributed by atoms with Gasteiger partial charge in [-0.2, -0.15) is 0 Å². The lowest BCUT2D eigenvalue weighted by molar-refractivity contribution is -0.128. The summed E-state index contributed by atoms with van der Waals surface area (Å²) < 4.78 is 0. The van der Waals surface area contributed by atoms with Gasteiger partial charge in [-0.05, 0) is 19.8 Å². The van der Waals surface area contributed by atoms with Crippen molar-refractivity contribution in [3.8, 4) is 0 Å². The van der Waals surface area contributed by atoms with Gasteiger partial charge < -0.3 is 11.1 Å². The lowest BCUT2D eigenvalue weighted by Gasteiger charge is -2.28. The molecule has 18 heavy (non-hydrogen) atoms. The van der Waals surface area contributed by atoms with Crippen LogP contribution in [0.25, 0.3) is 0 Å². The zero-order chi connectivity index (χ0) is 13.8. The molecule has 1 rings (SSSR count). The lowest BCUT2D eigenvalue weighted by atomic mass is 9.81. The van der Waals surface area contributed by atoms with Crippen molar-refractivity contribution in [1.82, 2.24) is 10.3 Å². The van der Waals surface area contributed by atoms with Crippen LogP contribution in [0, 0.1) is 12.3 Å². The van der Waals surface area contributed by atoms with E-state index in [1.165, 1.54) is 0 Å². The van der Waals surface area contributed by atoms with Crippen LogP contribution >= 0.6 is 23.6 Å². The summed E-state index contributed by atoms with van der Waals surface area (Å²) in [6.07, 6.45) is 1.22. The Bertz CT molecular complexity index is 438. The molecule has 4 nitrogen and oxygen atoms in total. The van der Waals surface area contributed by atoms with Gasteiger partial charge in [-0.25, -0.2) is 4.98 Å². The Morgan fingerprint density at radius 2 is 2.17 bits per heavy atom. The number of carbonyl (C=O) groups is 1. The molecular formula is C12H19N3OS2. The van der Waals surface area contributed by atoms with Gasteiger partial charge in [0, 0.05) is 5.38 Å². The van der Waals surface area contributed by atoms with Gasteiger partial charge in [0.2, 0.25) is 5.91 Å². The Kier molecular flexibility index (Phi) is 5.22. The first kappa shape index (κ1) is 15.0. The molecule has 0 aliphatic carbocycles. The minimum absolute atomic E-state index is 0.106. The predicted molar refractivity (Wildman–Crippen MR) is 78.5 cm³/mol. The third-order valence-corrected chi connectivity index (χ3v) is 4.42. The summed E-state index contributed by atoms with van der Waals surface area (Å²) >= 11 is 6.61. The number of nitrogens with zero attached hydrogens (tertiary/aromatic N) is 1. The van der Waals surface area contributed by atoms with E-state index in [4.69, 9.17) is 18.0 Å². The molecule has 0 unspecified atom stereocenters. The van der Waals surface area contributed by atoms with E-state index >= 15 is 0 Å². The summed E-state index contributed by atoms with van der Waals surface area (Å²) in [4.78, 5) is 16.8. The Morgan fingerprint density at radius 1 is 1.56 bits per heavy atom.